The molecule has 0 aromatic carbocycles. The van der Waals surface area contributed by atoms with Gasteiger partial charge in [-0.05, 0) is 51.4 Å². The molecule has 0 aromatic heterocycles. The van der Waals surface area contributed by atoms with Crippen molar-refractivity contribution in [2.45, 2.75) is 66.4 Å². The number of hydrogen-bond acceptors (Lipinski definition) is 3. The maximum atomic E-state index is 11.6. The Balaban J connectivity index is 2.05. The highest BCUT2D eigenvalue weighted by Gasteiger charge is 2.60. The fourth-order valence-electron chi connectivity index (χ4n) is 3.51. The van der Waals surface area contributed by atoms with Gasteiger partial charge in [0.15, 0.2) is 0 Å². The molecule has 108 valence electrons. The predicted molar refractivity (Wildman–Crippen MR) is 76.0 cm³/mol. The summed E-state index contributed by atoms with van der Waals surface area (Å²) in [6.07, 6.45) is 2.97. The van der Waals surface area contributed by atoms with Crippen LogP contribution in [-0.2, 0) is 4.74 Å². The third kappa shape index (κ3) is 2.37. The lowest BCUT2D eigenvalue weighted by Crippen LogP contribution is -2.35. The molecule has 2 fully saturated rings. The van der Waals surface area contributed by atoms with Crippen molar-refractivity contribution >= 4 is 11.8 Å². The molecule has 19 heavy (non-hydrogen) atoms. The smallest absolute Gasteiger partial charge is 0.428 e. The Morgan fingerprint density at radius 3 is 2.42 bits per heavy atom. The lowest BCUT2D eigenvalue weighted by molar-refractivity contribution is 0.0528. The van der Waals surface area contributed by atoms with Crippen LogP contribution in [0.15, 0.2) is 5.10 Å². The molecular weight excluding hydrogens is 240 g/mol. The van der Waals surface area contributed by atoms with Crippen molar-refractivity contribution in [3.05, 3.63) is 0 Å². The van der Waals surface area contributed by atoms with Crippen LogP contribution in [-0.4, -0.2) is 17.4 Å². The van der Waals surface area contributed by atoms with Crippen molar-refractivity contribution in [1.29, 1.82) is 0 Å². The topological polar surface area (TPSA) is 50.7 Å². The summed E-state index contributed by atoms with van der Waals surface area (Å²) in [4.78, 5) is 11.6. The summed E-state index contributed by atoms with van der Waals surface area (Å²) in [5.41, 5.74) is 3.59. The Morgan fingerprint density at radius 1 is 1.37 bits per heavy atom. The number of amides is 1. The first kappa shape index (κ1) is 14.4. The molecule has 0 radical (unpaired) electrons. The Kier molecular flexibility index (Phi) is 3.19. The number of hydrazone groups is 1. The fraction of sp³-hybridized carbons (Fsp3) is 0.867. The van der Waals surface area contributed by atoms with Crippen LogP contribution >= 0.6 is 0 Å². The quantitative estimate of drug-likeness (QED) is 0.735. The third-order valence-electron chi connectivity index (χ3n) is 5.19. The van der Waals surface area contributed by atoms with Gasteiger partial charge >= 0.3 is 6.09 Å². The Labute approximate surface area is 116 Å². The van der Waals surface area contributed by atoms with E-state index in [9.17, 15) is 4.79 Å². The monoisotopic (exact) mass is 266 g/mol. The molecule has 1 amide bonds. The van der Waals surface area contributed by atoms with Crippen LogP contribution in [0.3, 0.4) is 0 Å². The van der Waals surface area contributed by atoms with Crippen LogP contribution in [0.25, 0.3) is 0 Å². The van der Waals surface area contributed by atoms with Crippen LogP contribution in [0.1, 0.15) is 60.8 Å². The summed E-state index contributed by atoms with van der Waals surface area (Å²) in [6, 6.07) is 0. The number of hydrogen-bond donors (Lipinski definition) is 1. The molecule has 0 saturated heterocycles. The molecule has 2 atom stereocenters. The van der Waals surface area contributed by atoms with Gasteiger partial charge in [-0.1, -0.05) is 20.8 Å². The molecule has 4 heteroatoms. The first-order valence-corrected chi connectivity index (χ1v) is 7.12. The molecule has 0 spiro atoms. The van der Waals surface area contributed by atoms with Gasteiger partial charge in [0.2, 0.25) is 0 Å². The van der Waals surface area contributed by atoms with Crippen LogP contribution < -0.4 is 5.43 Å². The van der Waals surface area contributed by atoms with Gasteiger partial charge < -0.3 is 4.74 Å². The normalized spacial score (nSPS) is 34.6. The number of carbonyl (C=O) groups is 1. The number of rotatable bonds is 1. The maximum absolute atomic E-state index is 11.6. The molecule has 2 saturated carbocycles. The van der Waals surface area contributed by atoms with E-state index in [0.717, 1.165) is 12.1 Å². The Hall–Kier alpha value is -1.06. The summed E-state index contributed by atoms with van der Waals surface area (Å²) in [5.74, 6) is 0.691. The highest BCUT2D eigenvalue weighted by Crippen LogP contribution is 2.63. The van der Waals surface area contributed by atoms with Crippen LogP contribution in [0.5, 0.6) is 0 Å². The summed E-state index contributed by atoms with van der Waals surface area (Å²) in [7, 11) is 0. The van der Waals surface area contributed by atoms with Crippen molar-refractivity contribution in [3.8, 4) is 0 Å². The van der Waals surface area contributed by atoms with E-state index in [1.165, 1.54) is 12.8 Å². The van der Waals surface area contributed by atoms with E-state index in [0.29, 0.717) is 5.92 Å². The van der Waals surface area contributed by atoms with E-state index < -0.39 is 11.7 Å². The second-order valence-corrected chi connectivity index (χ2v) is 7.67. The van der Waals surface area contributed by atoms with Crippen LogP contribution in [0, 0.1) is 16.7 Å². The van der Waals surface area contributed by atoms with Gasteiger partial charge in [-0.15, -0.1) is 0 Å². The average molecular weight is 266 g/mol. The van der Waals surface area contributed by atoms with E-state index in [1.807, 2.05) is 20.8 Å². The zero-order valence-corrected chi connectivity index (χ0v) is 13.0. The SMILES string of the molecule is CC(C)(C)OC(=O)NN=C1CC2CCC1(C)C2(C)C. The number of fused-ring (bicyclic) bond motifs is 2. The van der Waals surface area contributed by atoms with Crippen LogP contribution in [0.2, 0.25) is 0 Å². The average Bonchev–Trinajstić information content (AvgIpc) is 2.56. The van der Waals surface area contributed by atoms with Gasteiger partial charge in [0, 0.05) is 11.1 Å². The lowest BCUT2D eigenvalue weighted by atomic mass is 9.70. The molecule has 2 unspecified atom stereocenters. The van der Waals surface area contributed by atoms with E-state index in [-0.39, 0.29) is 10.8 Å². The van der Waals surface area contributed by atoms with Gasteiger partial charge in [0.05, 0.1) is 0 Å². The zero-order valence-electron chi connectivity index (χ0n) is 13.0. The van der Waals surface area contributed by atoms with E-state index >= 15 is 0 Å². The van der Waals surface area contributed by atoms with Crippen molar-refractivity contribution < 1.29 is 9.53 Å². The van der Waals surface area contributed by atoms with Crippen molar-refractivity contribution in [2.75, 3.05) is 0 Å². The second kappa shape index (κ2) is 4.22. The standard InChI is InChI=1S/C15H26N2O2/c1-13(2,3)19-12(18)17-16-11-9-10-7-8-15(11,6)14(10,4)5/h10H,7-9H2,1-6H3,(H,17,18). The Morgan fingerprint density at radius 2 is 2.00 bits per heavy atom. The molecule has 2 bridgehead atoms. The number of ether oxygens (including phenoxy) is 1. The summed E-state index contributed by atoms with van der Waals surface area (Å²) in [5, 5.41) is 4.35. The van der Waals surface area contributed by atoms with Gasteiger partial charge in [-0.2, -0.15) is 5.10 Å². The van der Waals surface area contributed by atoms with Crippen molar-refractivity contribution in [2.24, 2.45) is 21.8 Å². The first-order valence-electron chi connectivity index (χ1n) is 7.12. The lowest BCUT2D eigenvalue weighted by Gasteiger charge is -2.34. The van der Waals surface area contributed by atoms with Crippen LogP contribution in [0.4, 0.5) is 4.79 Å². The number of nitrogens with zero attached hydrogens (tertiary/aromatic N) is 1. The zero-order chi connectivity index (χ0) is 14.5. The molecule has 4 nitrogen and oxygen atoms in total. The second-order valence-electron chi connectivity index (χ2n) is 7.67. The largest absolute Gasteiger partial charge is 0.443 e. The van der Waals surface area contributed by atoms with Gasteiger partial charge in [-0.25, -0.2) is 10.2 Å². The molecule has 2 rings (SSSR count). The fourth-order valence-corrected chi connectivity index (χ4v) is 3.51. The summed E-state index contributed by atoms with van der Waals surface area (Å²) < 4.78 is 5.21. The highest BCUT2D eigenvalue weighted by molar-refractivity contribution is 5.94. The first-order chi connectivity index (χ1) is 8.56. The molecule has 2 aliphatic rings. The minimum Gasteiger partial charge on any atom is -0.443 e. The molecule has 0 aliphatic heterocycles. The van der Waals surface area contributed by atoms with Gasteiger partial charge in [-0.3, -0.25) is 0 Å². The molecular formula is C15H26N2O2. The molecule has 2 aliphatic carbocycles. The molecule has 0 aromatic rings. The van der Waals surface area contributed by atoms with Crippen molar-refractivity contribution in [1.82, 2.24) is 5.43 Å². The Bertz CT molecular complexity index is 420. The van der Waals surface area contributed by atoms with E-state index in [1.54, 1.807) is 0 Å². The van der Waals surface area contributed by atoms with Gasteiger partial charge in [0.25, 0.3) is 0 Å². The maximum Gasteiger partial charge on any atom is 0.428 e. The highest BCUT2D eigenvalue weighted by atomic mass is 16.6. The number of carbonyl (C=O) groups excluding carboxylic acids is 1. The minimum absolute atomic E-state index is 0.118. The third-order valence-corrected chi connectivity index (χ3v) is 5.19. The van der Waals surface area contributed by atoms with Gasteiger partial charge in [0.1, 0.15) is 5.60 Å². The minimum atomic E-state index is -0.484. The van der Waals surface area contributed by atoms with E-state index in [4.69, 9.17) is 4.74 Å². The summed E-state index contributed by atoms with van der Waals surface area (Å²) >= 11 is 0. The predicted octanol–water partition coefficient (Wildman–Crippen LogP) is 3.71. The van der Waals surface area contributed by atoms with Crippen molar-refractivity contribution in [3.63, 3.8) is 0 Å². The number of nitrogens with one attached hydrogen (secondary N) is 1. The molecule has 0 heterocycles. The van der Waals surface area contributed by atoms with E-state index in [2.05, 4.69) is 31.3 Å². The summed E-state index contributed by atoms with van der Waals surface area (Å²) in [6.45, 7) is 12.5. The molecule has 1 N–H and O–H groups in total.